The first-order valence-corrected chi connectivity index (χ1v) is 8.72. The summed E-state index contributed by atoms with van der Waals surface area (Å²) in [6.45, 7) is 0. The average molecular weight is 391 g/mol. The maximum absolute atomic E-state index is 13.0. The van der Waals surface area contributed by atoms with E-state index in [1.165, 1.54) is 18.2 Å². The van der Waals surface area contributed by atoms with Crippen molar-refractivity contribution in [2.75, 3.05) is 29.6 Å². The molecule has 2 atom stereocenters. The number of nitrogens with zero attached hydrogens (tertiary/aromatic N) is 1. The Morgan fingerprint density at radius 2 is 1.50 bits per heavy atom. The fourth-order valence-corrected chi connectivity index (χ4v) is 2.92. The summed E-state index contributed by atoms with van der Waals surface area (Å²) in [7, 11) is 3.80. The van der Waals surface area contributed by atoms with Crippen LogP contribution < -0.4 is 15.5 Å². The van der Waals surface area contributed by atoms with Crippen LogP contribution in [0.3, 0.4) is 0 Å². The molecule has 0 saturated heterocycles. The highest BCUT2D eigenvalue weighted by Crippen LogP contribution is 2.41. The molecule has 5 nitrogen and oxygen atoms in total. The second-order valence-electron chi connectivity index (χ2n) is 6.91. The van der Waals surface area contributed by atoms with Gasteiger partial charge in [0.05, 0.1) is 23.1 Å². The third-order valence-corrected chi connectivity index (χ3v) is 4.61. The van der Waals surface area contributed by atoms with Crippen LogP contribution in [0.15, 0.2) is 48.5 Å². The predicted octanol–water partition coefficient (Wildman–Crippen LogP) is 3.98. The minimum atomic E-state index is -4.57. The molecule has 2 N–H and O–H groups in total. The summed E-state index contributed by atoms with van der Waals surface area (Å²) in [6.07, 6.45) is -4.26. The lowest BCUT2D eigenvalue weighted by Crippen LogP contribution is -2.22. The molecule has 2 aromatic rings. The number of hydrogen-bond donors (Lipinski definition) is 2. The molecule has 1 aliphatic carbocycles. The molecule has 28 heavy (non-hydrogen) atoms. The van der Waals surface area contributed by atoms with Gasteiger partial charge in [-0.15, -0.1) is 0 Å². The van der Waals surface area contributed by atoms with Crippen molar-refractivity contribution in [1.82, 2.24) is 0 Å². The second-order valence-corrected chi connectivity index (χ2v) is 6.91. The summed E-state index contributed by atoms with van der Waals surface area (Å²) in [5, 5.41) is 5.04. The molecule has 0 aromatic heterocycles. The molecule has 148 valence electrons. The molecule has 0 spiro atoms. The Hall–Kier alpha value is -3.03. The molecule has 1 fully saturated rings. The summed E-state index contributed by atoms with van der Waals surface area (Å²) in [5.41, 5.74) is 0.366. The van der Waals surface area contributed by atoms with Crippen molar-refractivity contribution in [3.8, 4) is 0 Å². The van der Waals surface area contributed by atoms with Gasteiger partial charge in [-0.05, 0) is 42.8 Å². The first kappa shape index (κ1) is 19.7. The number of para-hydroxylation sites is 1. The van der Waals surface area contributed by atoms with Crippen LogP contribution in [0, 0.1) is 11.8 Å². The highest BCUT2D eigenvalue weighted by Gasteiger charge is 2.48. The Bertz CT molecular complexity index is 879. The summed E-state index contributed by atoms with van der Waals surface area (Å²) < 4.78 is 39.1. The highest BCUT2D eigenvalue weighted by atomic mass is 19.4. The number of anilines is 3. The fraction of sp³-hybridized carbons (Fsp3) is 0.300. The van der Waals surface area contributed by atoms with Crippen LogP contribution in [0.25, 0.3) is 0 Å². The Labute approximate surface area is 160 Å². The van der Waals surface area contributed by atoms with E-state index < -0.39 is 29.5 Å². The van der Waals surface area contributed by atoms with E-state index in [4.69, 9.17) is 0 Å². The zero-order valence-electron chi connectivity index (χ0n) is 15.4. The molecule has 0 aliphatic heterocycles. The Kier molecular flexibility index (Phi) is 5.31. The van der Waals surface area contributed by atoms with Crippen LogP contribution in [-0.4, -0.2) is 25.9 Å². The van der Waals surface area contributed by atoms with Gasteiger partial charge in [-0.1, -0.05) is 12.1 Å². The molecule has 8 heteroatoms. The van der Waals surface area contributed by atoms with E-state index in [9.17, 15) is 22.8 Å². The van der Waals surface area contributed by atoms with E-state index in [1.54, 1.807) is 12.1 Å². The molecule has 0 bridgehead atoms. The summed E-state index contributed by atoms with van der Waals surface area (Å²) in [4.78, 5) is 26.5. The maximum atomic E-state index is 13.0. The van der Waals surface area contributed by atoms with Gasteiger partial charge in [0.15, 0.2) is 0 Å². The van der Waals surface area contributed by atoms with Crippen molar-refractivity contribution < 1.29 is 22.8 Å². The molecule has 0 heterocycles. The third-order valence-electron chi connectivity index (χ3n) is 4.61. The van der Waals surface area contributed by atoms with Gasteiger partial charge in [0.2, 0.25) is 11.8 Å². The molecule has 2 unspecified atom stereocenters. The normalized spacial score (nSPS) is 18.3. The largest absolute Gasteiger partial charge is 0.418 e. The first-order chi connectivity index (χ1) is 13.2. The number of hydrogen-bond acceptors (Lipinski definition) is 3. The van der Waals surface area contributed by atoms with Gasteiger partial charge in [0.25, 0.3) is 0 Å². The monoisotopic (exact) mass is 391 g/mol. The van der Waals surface area contributed by atoms with Crippen LogP contribution in [0.4, 0.5) is 30.2 Å². The quantitative estimate of drug-likeness (QED) is 0.810. The lowest BCUT2D eigenvalue weighted by molar-refractivity contribution is -0.137. The molecular weight excluding hydrogens is 371 g/mol. The zero-order valence-corrected chi connectivity index (χ0v) is 15.4. The number of halogens is 3. The lowest BCUT2D eigenvalue weighted by atomic mass is 10.1. The number of alkyl halides is 3. The van der Waals surface area contributed by atoms with Gasteiger partial charge >= 0.3 is 6.18 Å². The lowest BCUT2D eigenvalue weighted by Gasteiger charge is -2.14. The van der Waals surface area contributed by atoms with E-state index in [0.717, 1.165) is 11.8 Å². The second kappa shape index (κ2) is 7.53. The molecule has 0 radical (unpaired) electrons. The van der Waals surface area contributed by atoms with Crippen LogP contribution in [-0.2, 0) is 15.8 Å². The van der Waals surface area contributed by atoms with Crippen molar-refractivity contribution in [2.45, 2.75) is 12.6 Å². The Morgan fingerprint density at radius 3 is 2.07 bits per heavy atom. The van der Waals surface area contributed by atoms with E-state index in [1.807, 2.05) is 31.1 Å². The van der Waals surface area contributed by atoms with E-state index in [2.05, 4.69) is 10.6 Å². The summed E-state index contributed by atoms with van der Waals surface area (Å²) >= 11 is 0. The topological polar surface area (TPSA) is 61.4 Å². The number of carbonyl (C=O) groups is 2. The molecule has 1 aliphatic rings. The fourth-order valence-electron chi connectivity index (χ4n) is 2.92. The minimum absolute atomic E-state index is 0.301. The van der Waals surface area contributed by atoms with E-state index >= 15 is 0 Å². The van der Waals surface area contributed by atoms with Gasteiger partial charge in [0.1, 0.15) is 0 Å². The molecule has 2 aromatic carbocycles. The molecular formula is C20H20F3N3O2. The van der Waals surface area contributed by atoms with Crippen LogP contribution in [0.5, 0.6) is 0 Å². The van der Waals surface area contributed by atoms with Gasteiger partial charge < -0.3 is 15.5 Å². The number of nitrogens with one attached hydrogen (secondary N) is 2. The van der Waals surface area contributed by atoms with E-state index in [-0.39, 0.29) is 11.6 Å². The number of carbonyl (C=O) groups excluding carboxylic acids is 2. The Balaban J connectivity index is 1.59. The average Bonchev–Trinajstić information content (AvgIpc) is 3.43. The maximum Gasteiger partial charge on any atom is 0.418 e. The van der Waals surface area contributed by atoms with Gasteiger partial charge in [-0.2, -0.15) is 13.2 Å². The highest BCUT2D eigenvalue weighted by molar-refractivity contribution is 6.03. The third kappa shape index (κ3) is 4.44. The SMILES string of the molecule is CN(C)c1ccc(NC(=O)C2CC2C(=O)Nc2ccccc2C(F)(F)F)cc1. The van der Waals surface area contributed by atoms with Gasteiger partial charge in [0, 0.05) is 25.5 Å². The zero-order chi connectivity index (χ0) is 20.5. The predicted molar refractivity (Wildman–Crippen MR) is 101 cm³/mol. The van der Waals surface area contributed by atoms with Crippen molar-refractivity contribution >= 4 is 28.9 Å². The summed E-state index contributed by atoms with van der Waals surface area (Å²) in [5.74, 6) is -2.09. The van der Waals surface area contributed by atoms with Gasteiger partial charge in [-0.25, -0.2) is 0 Å². The minimum Gasteiger partial charge on any atom is -0.378 e. The molecule has 2 amide bonds. The van der Waals surface area contributed by atoms with Crippen LogP contribution in [0.1, 0.15) is 12.0 Å². The van der Waals surface area contributed by atoms with Crippen molar-refractivity contribution in [3.63, 3.8) is 0 Å². The smallest absolute Gasteiger partial charge is 0.378 e. The van der Waals surface area contributed by atoms with Gasteiger partial charge in [-0.3, -0.25) is 9.59 Å². The molecule has 3 rings (SSSR count). The Morgan fingerprint density at radius 1 is 0.929 bits per heavy atom. The van der Waals surface area contributed by atoms with E-state index in [0.29, 0.717) is 12.1 Å². The number of benzene rings is 2. The van der Waals surface area contributed by atoms with Crippen LogP contribution in [0.2, 0.25) is 0 Å². The molecule has 1 saturated carbocycles. The standard InChI is InChI=1S/C20H20F3N3O2/c1-26(2)13-9-7-12(8-10-13)24-18(27)14-11-15(14)19(28)25-17-6-4-3-5-16(17)20(21,22)23/h3-10,14-15H,11H2,1-2H3,(H,24,27)(H,25,28). The van der Waals surface area contributed by atoms with Crippen LogP contribution >= 0.6 is 0 Å². The van der Waals surface area contributed by atoms with Crippen molar-refractivity contribution in [3.05, 3.63) is 54.1 Å². The van der Waals surface area contributed by atoms with Crippen molar-refractivity contribution in [1.29, 1.82) is 0 Å². The first-order valence-electron chi connectivity index (χ1n) is 8.72. The van der Waals surface area contributed by atoms with Crippen molar-refractivity contribution in [2.24, 2.45) is 11.8 Å². The summed E-state index contributed by atoms with van der Waals surface area (Å²) in [6, 6.07) is 12.0. The number of amides is 2. The number of rotatable bonds is 5.